The van der Waals surface area contributed by atoms with Crippen LogP contribution in [-0.4, -0.2) is 30.1 Å². The lowest BCUT2D eigenvalue weighted by Gasteiger charge is -2.45. The van der Waals surface area contributed by atoms with Crippen LogP contribution >= 0.6 is 0 Å². The summed E-state index contributed by atoms with van der Waals surface area (Å²) in [4.78, 5) is 8.23. The Bertz CT molecular complexity index is 432. The number of hydrogen-bond donors (Lipinski definition) is 1. The molecule has 3 rings (SSSR count). The summed E-state index contributed by atoms with van der Waals surface area (Å²) < 4.78 is 0. The molecule has 3 nitrogen and oxygen atoms in total. The van der Waals surface area contributed by atoms with Crippen LogP contribution in [-0.2, 0) is 11.4 Å². The molecule has 2 aliphatic rings. The molecule has 104 valence electrons. The standard InChI is InChI=1S/C16H24N2O/c1-12-14-10-18(9-13-7-5-4-6-8-13)11-16(2,3)15(14)17-19-12/h4-8,12,14-15,17H,9-11H2,1-3H3/t12-,14-,15+/m0/s1. The number of nitrogens with zero attached hydrogens (tertiary/aromatic N) is 1. The van der Waals surface area contributed by atoms with E-state index >= 15 is 0 Å². The van der Waals surface area contributed by atoms with Gasteiger partial charge in [-0.2, -0.15) is 5.48 Å². The monoisotopic (exact) mass is 260 g/mol. The number of benzene rings is 1. The van der Waals surface area contributed by atoms with Crippen LogP contribution in [0.15, 0.2) is 30.3 Å². The first kappa shape index (κ1) is 13.1. The molecule has 0 unspecified atom stereocenters. The van der Waals surface area contributed by atoms with Gasteiger partial charge in [0.2, 0.25) is 0 Å². The molecular formula is C16H24N2O. The molecule has 0 amide bonds. The van der Waals surface area contributed by atoms with Crippen molar-refractivity contribution in [2.75, 3.05) is 13.1 Å². The van der Waals surface area contributed by atoms with Crippen molar-refractivity contribution in [3.8, 4) is 0 Å². The first-order valence-corrected chi connectivity index (χ1v) is 7.24. The van der Waals surface area contributed by atoms with E-state index in [4.69, 9.17) is 4.84 Å². The second kappa shape index (κ2) is 4.89. The predicted molar refractivity (Wildman–Crippen MR) is 76.5 cm³/mol. The van der Waals surface area contributed by atoms with E-state index in [1.807, 2.05) is 0 Å². The summed E-state index contributed by atoms with van der Waals surface area (Å²) in [6, 6.07) is 11.2. The molecule has 2 fully saturated rings. The van der Waals surface area contributed by atoms with Crippen LogP contribution in [0.5, 0.6) is 0 Å². The summed E-state index contributed by atoms with van der Waals surface area (Å²) in [6.45, 7) is 10.1. The highest BCUT2D eigenvalue weighted by molar-refractivity contribution is 5.15. The smallest absolute Gasteiger partial charge is 0.0818 e. The average Bonchev–Trinajstić information content (AvgIpc) is 2.73. The lowest BCUT2D eigenvalue weighted by molar-refractivity contribution is 0.0196. The van der Waals surface area contributed by atoms with Crippen LogP contribution in [0.3, 0.4) is 0 Å². The van der Waals surface area contributed by atoms with Crippen LogP contribution in [0.4, 0.5) is 0 Å². The molecule has 1 N–H and O–H groups in total. The lowest BCUT2D eigenvalue weighted by atomic mass is 9.73. The molecule has 0 spiro atoms. The Kier molecular flexibility index (Phi) is 3.37. The molecule has 0 aliphatic carbocycles. The van der Waals surface area contributed by atoms with Gasteiger partial charge in [0.15, 0.2) is 0 Å². The number of fused-ring (bicyclic) bond motifs is 1. The molecule has 3 heteroatoms. The van der Waals surface area contributed by atoms with Crippen molar-refractivity contribution in [2.24, 2.45) is 11.3 Å². The Labute approximate surface area is 115 Å². The van der Waals surface area contributed by atoms with Gasteiger partial charge in [0.1, 0.15) is 0 Å². The number of hydroxylamine groups is 1. The van der Waals surface area contributed by atoms with E-state index in [2.05, 4.69) is 61.5 Å². The third-order valence-electron chi connectivity index (χ3n) is 4.60. The molecule has 2 saturated heterocycles. The van der Waals surface area contributed by atoms with Gasteiger partial charge in [-0.1, -0.05) is 44.2 Å². The van der Waals surface area contributed by atoms with E-state index in [0.29, 0.717) is 18.1 Å². The van der Waals surface area contributed by atoms with E-state index < -0.39 is 0 Å². The quantitative estimate of drug-likeness (QED) is 0.884. The molecule has 2 aliphatic heterocycles. The van der Waals surface area contributed by atoms with Crippen molar-refractivity contribution in [3.63, 3.8) is 0 Å². The van der Waals surface area contributed by atoms with E-state index in [1.54, 1.807) is 0 Å². The van der Waals surface area contributed by atoms with Crippen molar-refractivity contribution < 1.29 is 4.84 Å². The number of nitrogens with one attached hydrogen (secondary N) is 1. The van der Waals surface area contributed by atoms with Gasteiger partial charge in [0.05, 0.1) is 6.10 Å². The minimum Gasteiger partial charge on any atom is -0.298 e. The number of likely N-dealkylation sites (tertiary alicyclic amines) is 1. The minimum atomic E-state index is 0.252. The zero-order valence-electron chi connectivity index (χ0n) is 12.1. The van der Waals surface area contributed by atoms with Gasteiger partial charge in [-0.15, -0.1) is 0 Å². The van der Waals surface area contributed by atoms with Crippen LogP contribution in [0.2, 0.25) is 0 Å². The van der Waals surface area contributed by atoms with E-state index in [1.165, 1.54) is 5.56 Å². The summed E-state index contributed by atoms with van der Waals surface area (Å²) in [5, 5.41) is 0. The van der Waals surface area contributed by atoms with Gasteiger partial charge in [0.25, 0.3) is 0 Å². The maximum atomic E-state index is 5.66. The molecule has 0 bridgehead atoms. The van der Waals surface area contributed by atoms with Gasteiger partial charge in [-0.05, 0) is 17.9 Å². The zero-order chi connectivity index (χ0) is 13.5. The van der Waals surface area contributed by atoms with Crippen LogP contribution in [0.25, 0.3) is 0 Å². The molecule has 1 aromatic rings. The summed E-state index contributed by atoms with van der Waals surface area (Å²) in [7, 11) is 0. The average molecular weight is 260 g/mol. The summed E-state index contributed by atoms with van der Waals surface area (Å²) in [5.74, 6) is 0.590. The van der Waals surface area contributed by atoms with Crippen LogP contribution < -0.4 is 5.48 Å². The molecule has 0 saturated carbocycles. The third kappa shape index (κ3) is 2.55. The normalized spacial score (nSPS) is 34.2. The SMILES string of the molecule is C[C@@H]1ON[C@@H]2[C@H]1CN(Cc1ccccc1)CC2(C)C. The fourth-order valence-corrected chi connectivity index (χ4v) is 3.62. The maximum absolute atomic E-state index is 5.66. The second-order valence-corrected chi connectivity index (χ2v) is 6.73. The summed E-state index contributed by atoms with van der Waals surface area (Å²) in [5.41, 5.74) is 4.91. The molecule has 0 aromatic heterocycles. The molecular weight excluding hydrogens is 236 g/mol. The summed E-state index contributed by atoms with van der Waals surface area (Å²) in [6.07, 6.45) is 0.308. The zero-order valence-corrected chi connectivity index (χ0v) is 12.1. The van der Waals surface area contributed by atoms with Crippen LogP contribution in [0, 0.1) is 11.3 Å². The molecule has 2 heterocycles. The molecule has 3 atom stereocenters. The van der Waals surface area contributed by atoms with Gasteiger partial charge in [0, 0.05) is 31.6 Å². The first-order chi connectivity index (χ1) is 9.06. The fourth-order valence-electron chi connectivity index (χ4n) is 3.62. The number of piperidine rings is 1. The van der Waals surface area contributed by atoms with Crippen molar-refractivity contribution in [1.29, 1.82) is 0 Å². The topological polar surface area (TPSA) is 24.5 Å². The Morgan fingerprint density at radius 1 is 1.32 bits per heavy atom. The Balaban J connectivity index is 1.74. The van der Waals surface area contributed by atoms with Gasteiger partial charge >= 0.3 is 0 Å². The Morgan fingerprint density at radius 3 is 2.79 bits per heavy atom. The van der Waals surface area contributed by atoms with Crippen molar-refractivity contribution >= 4 is 0 Å². The van der Waals surface area contributed by atoms with E-state index in [9.17, 15) is 0 Å². The van der Waals surface area contributed by atoms with Crippen LogP contribution in [0.1, 0.15) is 26.3 Å². The van der Waals surface area contributed by atoms with E-state index in [-0.39, 0.29) is 5.41 Å². The highest BCUT2D eigenvalue weighted by Gasteiger charge is 2.48. The second-order valence-electron chi connectivity index (χ2n) is 6.73. The largest absolute Gasteiger partial charge is 0.298 e. The fraction of sp³-hybridized carbons (Fsp3) is 0.625. The maximum Gasteiger partial charge on any atom is 0.0818 e. The third-order valence-corrected chi connectivity index (χ3v) is 4.60. The Hall–Kier alpha value is -0.900. The molecule has 19 heavy (non-hydrogen) atoms. The van der Waals surface area contributed by atoms with Crippen molar-refractivity contribution in [3.05, 3.63) is 35.9 Å². The van der Waals surface area contributed by atoms with Crippen molar-refractivity contribution in [2.45, 2.75) is 39.5 Å². The highest BCUT2D eigenvalue weighted by Crippen LogP contribution is 2.38. The van der Waals surface area contributed by atoms with Gasteiger partial charge in [-0.3, -0.25) is 9.74 Å². The summed E-state index contributed by atoms with van der Waals surface area (Å²) >= 11 is 0. The molecule has 1 aromatic carbocycles. The molecule has 0 radical (unpaired) electrons. The number of rotatable bonds is 2. The first-order valence-electron chi connectivity index (χ1n) is 7.24. The predicted octanol–water partition coefficient (Wildman–Crippen LogP) is 2.44. The van der Waals surface area contributed by atoms with E-state index in [0.717, 1.165) is 19.6 Å². The minimum absolute atomic E-state index is 0.252. The van der Waals surface area contributed by atoms with Gasteiger partial charge < -0.3 is 0 Å². The Morgan fingerprint density at radius 2 is 2.05 bits per heavy atom. The van der Waals surface area contributed by atoms with Gasteiger partial charge in [-0.25, -0.2) is 0 Å². The van der Waals surface area contributed by atoms with Crippen molar-refractivity contribution in [1.82, 2.24) is 10.4 Å². The number of hydrogen-bond acceptors (Lipinski definition) is 3. The highest BCUT2D eigenvalue weighted by atomic mass is 16.7. The lowest BCUT2D eigenvalue weighted by Crippen LogP contribution is -2.56.